The van der Waals surface area contributed by atoms with E-state index in [-0.39, 0.29) is 42.7 Å². The van der Waals surface area contributed by atoms with E-state index < -0.39 is 40.9 Å². The highest BCUT2D eigenvalue weighted by Gasteiger charge is 2.35. The van der Waals surface area contributed by atoms with Gasteiger partial charge < -0.3 is 19.5 Å². The first-order valence-electron chi connectivity index (χ1n) is 11.5. The van der Waals surface area contributed by atoms with Crippen molar-refractivity contribution in [1.29, 1.82) is 0 Å². The van der Waals surface area contributed by atoms with E-state index in [0.29, 0.717) is 31.1 Å². The van der Waals surface area contributed by atoms with Crippen LogP contribution in [0.3, 0.4) is 0 Å². The summed E-state index contributed by atoms with van der Waals surface area (Å²) < 4.78 is 75.0. The van der Waals surface area contributed by atoms with Gasteiger partial charge in [0.1, 0.15) is 17.3 Å². The summed E-state index contributed by atoms with van der Waals surface area (Å²) >= 11 is 0. The lowest BCUT2D eigenvalue weighted by Gasteiger charge is -2.24. The first-order chi connectivity index (χ1) is 16.5. The van der Waals surface area contributed by atoms with Gasteiger partial charge in [-0.25, -0.2) is 8.78 Å². The average molecular weight is 499 g/mol. The molecule has 2 amide bonds. The van der Waals surface area contributed by atoms with Crippen molar-refractivity contribution < 1.29 is 36.3 Å². The van der Waals surface area contributed by atoms with E-state index in [0.717, 1.165) is 12.8 Å². The van der Waals surface area contributed by atoms with Gasteiger partial charge in [0.25, 0.3) is 11.8 Å². The third-order valence-corrected chi connectivity index (χ3v) is 6.65. The number of carbonyl (C=O) groups is 2. The molecular formula is C24H26F5N3O3. The number of carbonyl (C=O) groups excluding carboxylic acids is 2. The molecule has 1 aromatic heterocycles. The molecule has 1 saturated heterocycles. The first kappa shape index (κ1) is 25.2. The Morgan fingerprint density at radius 3 is 2.43 bits per heavy atom. The summed E-state index contributed by atoms with van der Waals surface area (Å²) in [5, 5.41) is 2.53. The van der Waals surface area contributed by atoms with E-state index in [1.807, 2.05) is 6.92 Å². The summed E-state index contributed by atoms with van der Waals surface area (Å²) in [6.07, 6.45) is -3.11. The Bertz CT molecular complexity index is 1120. The molecule has 35 heavy (non-hydrogen) atoms. The van der Waals surface area contributed by atoms with Crippen molar-refractivity contribution in [3.05, 3.63) is 57.9 Å². The molecule has 3 heterocycles. The molecule has 2 aromatic rings. The Morgan fingerprint density at radius 1 is 1.17 bits per heavy atom. The number of nitrogens with zero attached hydrogens (tertiary/aromatic N) is 2. The maximum atomic E-state index is 14.6. The molecule has 2 unspecified atom stereocenters. The zero-order valence-electron chi connectivity index (χ0n) is 19.3. The van der Waals surface area contributed by atoms with Crippen molar-refractivity contribution >= 4 is 11.8 Å². The number of fused-ring (bicyclic) bond motifs is 1. The van der Waals surface area contributed by atoms with E-state index in [1.54, 1.807) is 16.4 Å². The van der Waals surface area contributed by atoms with Crippen LogP contribution in [0.5, 0.6) is 0 Å². The summed E-state index contributed by atoms with van der Waals surface area (Å²) in [5.41, 5.74) is -1.17. The quantitative estimate of drug-likeness (QED) is 0.600. The van der Waals surface area contributed by atoms with Gasteiger partial charge in [0.2, 0.25) is 0 Å². The molecule has 0 spiro atoms. The largest absolute Gasteiger partial charge is 0.416 e. The van der Waals surface area contributed by atoms with Crippen molar-refractivity contribution in [1.82, 2.24) is 14.8 Å². The number of amides is 2. The predicted molar refractivity (Wildman–Crippen MR) is 116 cm³/mol. The van der Waals surface area contributed by atoms with Gasteiger partial charge in [-0.1, -0.05) is 6.92 Å². The van der Waals surface area contributed by atoms with Crippen LogP contribution >= 0.6 is 0 Å². The number of likely N-dealkylation sites (tertiary alicyclic amines) is 1. The highest BCUT2D eigenvalue weighted by atomic mass is 19.4. The molecule has 4 rings (SSSR count). The lowest BCUT2D eigenvalue weighted by Crippen LogP contribution is -2.35. The molecule has 2 aliphatic rings. The van der Waals surface area contributed by atoms with Crippen molar-refractivity contribution in [3.63, 3.8) is 0 Å². The number of aromatic nitrogens is 1. The summed E-state index contributed by atoms with van der Waals surface area (Å²) in [4.78, 5) is 28.2. The van der Waals surface area contributed by atoms with E-state index in [1.165, 1.54) is 6.07 Å². The van der Waals surface area contributed by atoms with E-state index >= 15 is 0 Å². The van der Waals surface area contributed by atoms with E-state index in [2.05, 4.69) is 5.32 Å². The van der Waals surface area contributed by atoms with Gasteiger partial charge in [0, 0.05) is 24.7 Å². The van der Waals surface area contributed by atoms with Gasteiger partial charge in [-0.15, -0.1) is 0 Å². The Morgan fingerprint density at radius 2 is 1.86 bits per heavy atom. The summed E-state index contributed by atoms with van der Waals surface area (Å²) in [6, 6.07) is 0.743. The zero-order chi connectivity index (χ0) is 25.5. The number of nitrogens with one attached hydrogen (secondary N) is 1. The topological polar surface area (TPSA) is 63.6 Å². The third kappa shape index (κ3) is 4.78. The molecule has 2 aliphatic heterocycles. The van der Waals surface area contributed by atoms with Crippen molar-refractivity contribution in [3.8, 4) is 0 Å². The van der Waals surface area contributed by atoms with Gasteiger partial charge in [-0.3, -0.25) is 9.59 Å². The molecule has 1 aromatic carbocycles. The number of hydrogen-bond acceptors (Lipinski definition) is 3. The fourth-order valence-corrected chi connectivity index (χ4v) is 4.78. The van der Waals surface area contributed by atoms with Crippen LogP contribution in [0.1, 0.15) is 76.8 Å². The molecule has 190 valence electrons. The summed E-state index contributed by atoms with van der Waals surface area (Å²) in [6.45, 7) is 4.92. The molecule has 0 bridgehead atoms. The Kier molecular flexibility index (Phi) is 6.90. The number of benzene rings is 1. The van der Waals surface area contributed by atoms with E-state index in [4.69, 9.17) is 4.74 Å². The highest BCUT2D eigenvalue weighted by Crippen LogP contribution is 2.34. The molecule has 1 fully saturated rings. The SMILES string of the molecule is CCC(NC(=O)c1cc(C(=O)N2CCCC2C)n2c1COCC2)c1c(F)cc(C(F)(F)F)cc1F. The molecular weight excluding hydrogens is 473 g/mol. The maximum absolute atomic E-state index is 14.6. The molecule has 1 N–H and O–H groups in total. The highest BCUT2D eigenvalue weighted by molar-refractivity contribution is 6.01. The fourth-order valence-electron chi connectivity index (χ4n) is 4.78. The van der Waals surface area contributed by atoms with Crippen LogP contribution in [-0.2, 0) is 24.1 Å². The number of ether oxygens (including phenoxy) is 1. The Labute approximate surface area is 199 Å². The maximum Gasteiger partial charge on any atom is 0.416 e. The van der Waals surface area contributed by atoms with Gasteiger partial charge in [-0.2, -0.15) is 13.2 Å². The second kappa shape index (κ2) is 9.60. The van der Waals surface area contributed by atoms with Crippen molar-refractivity contribution in [2.75, 3.05) is 13.2 Å². The number of alkyl halides is 3. The fraction of sp³-hybridized carbons (Fsp3) is 0.500. The van der Waals surface area contributed by atoms with Crippen molar-refractivity contribution in [2.24, 2.45) is 0 Å². The summed E-state index contributed by atoms with van der Waals surface area (Å²) in [5.74, 6) is -3.70. The lowest BCUT2D eigenvalue weighted by molar-refractivity contribution is -0.138. The van der Waals surface area contributed by atoms with Crippen LogP contribution in [0.2, 0.25) is 0 Å². The van der Waals surface area contributed by atoms with Crippen LogP contribution in [0.4, 0.5) is 22.0 Å². The molecule has 2 atom stereocenters. The molecule has 11 heteroatoms. The Hall–Kier alpha value is -2.95. The molecule has 0 aliphatic carbocycles. The number of rotatable bonds is 5. The first-order valence-corrected chi connectivity index (χ1v) is 11.5. The molecule has 0 radical (unpaired) electrons. The summed E-state index contributed by atoms with van der Waals surface area (Å²) in [7, 11) is 0. The van der Waals surface area contributed by atoms with Crippen LogP contribution in [0, 0.1) is 11.6 Å². The number of halogens is 5. The van der Waals surface area contributed by atoms with Crippen molar-refractivity contribution in [2.45, 2.75) is 64.5 Å². The van der Waals surface area contributed by atoms with Gasteiger partial charge in [0.15, 0.2) is 0 Å². The van der Waals surface area contributed by atoms with Crippen LogP contribution in [0.15, 0.2) is 18.2 Å². The van der Waals surface area contributed by atoms with E-state index in [9.17, 15) is 31.5 Å². The lowest BCUT2D eigenvalue weighted by atomic mass is 10.00. The van der Waals surface area contributed by atoms with Crippen LogP contribution in [0.25, 0.3) is 0 Å². The molecule has 6 nitrogen and oxygen atoms in total. The zero-order valence-corrected chi connectivity index (χ0v) is 19.3. The minimum absolute atomic E-state index is 0.0224. The second-order valence-electron chi connectivity index (χ2n) is 8.87. The predicted octanol–water partition coefficient (Wildman–Crippen LogP) is 4.82. The monoisotopic (exact) mass is 499 g/mol. The standard InChI is InChI=1S/C24H26F5N3O3/c1-3-18(21-16(25)9-14(10-17(21)26)24(27,28)29)30-22(33)15-11-19(32-7-8-35-12-20(15)32)23(34)31-6-4-5-13(31)2/h9-11,13,18H,3-8,12H2,1-2H3,(H,30,33). The normalized spacial score (nSPS) is 18.9. The third-order valence-electron chi connectivity index (χ3n) is 6.65. The van der Waals surface area contributed by atoms with Crippen LogP contribution in [-0.4, -0.2) is 40.5 Å². The second-order valence-corrected chi connectivity index (χ2v) is 8.87. The van der Waals surface area contributed by atoms with Gasteiger partial charge >= 0.3 is 6.18 Å². The van der Waals surface area contributed by atoms with Gasteiger partial charge in [-0.05, 0) is 44.4 Å². The average Bonchev–Trinajstić information content (AvgIpc) is 3.40. The smallest absolute Gasteiger partial charge is 0.373 e. The van der Waals surface area contributed by atoms with Crippen LogP contribution < -0.4 is 5.32 Å². The molecule has 0 saturated carbocycles. The van der Waals surface area contributed by atoms with Gasteiger partial charge in [0.05, 0.1) is 36.1 Å². The minimum Gasteiger partial charge on any atom is -0.373 e. The Balaban J connectivity index is 1.64. The number of hydrogen-bond donors (Lipinski definition) is 1. The minimum atomic E-state index is -4.91.